The third-order valence-corrected chi connectivity index (χ3v) is 8.67. The van der Waals surface area contributed by atoms with Gasteiger partial charge in [0.25, 0.3) is 0 Å². The zero-order chi connectivity index (χ0) is 26.7. The van der Waals surface area contributed by atoms with Gasteiger partial charge in [0.2, 0.25) is 10.0 Å². The molecule has 0 bridgehead atoms. The van der Waals surface area contributed by atoms with Crippen molar-refractivity contribution in [2.24, 2.45) is 5.92 Å². The Kier molecular flexibility index (Phi) is 12.7. The number of rotatable bonds is 16. The van der Waals surface area contributed by atoms with Crippen LogP contribution in [0.3, 0.4) is 0 Å². The van der Waals surface area contributed by atoms with Crippen LogP contribution >= 0.6 is 23.2 Å². The first-order valence-corrected chi connectivity index (χ1v) is 14.8. The predicted octanol–water partition coefficient (Wildman–Crippen LogP) is 6.70. The van der Waals surface area contributed by atoms with E-state index < -0.39 is 28.0 Å². The van der Waals surface area contributed by atoms with Crippen molar-refractivity contribution in [1.29, 1.82) is 0 Å². The van der Waals surface area contributed by atoms with Crippen LogP contribution in [0, 0.1) is 12.8 Å². The third-order valence-electron chi connectivity index (χ3n) is 6.23. The summed E-state index contributed by atoms with van der Waals surface area (Å²) in [6.07, 6.45) is 5.30. The molecule has 6 nitrogen and oxygen atoms in total. The zero-order valence-electron chi connectivity index (χ0n) is 21.3. The van der Waals surface area contributed by atoms with Crippen molar-refractivity contribution in [2.75, 3.05) is 19.6 Å². The molecule has 2 unspecified atom stereocenters. The van der Waals surface area contributed by atoms with E-state index in [0.29, 0.717) is 28.6 Å². The Hall–Kier alpha value is -1.64. The number of nitrogens with zero attached hydrogens (tertiary/aromatic N) is 1. The molecule has 0 aliphatic heterocycles. The van der Waals surface area contributed by atoms with Gasteiger partial charge in [0, 0.05) is 29.2 Å². The summed E-state index contributed by atoms with van der Waals surface area (Å²) in [7, 11) is -3.90. The van der Waals surface area contributed by atoms with E-state index in [1.807, 2.05) is 13.8 Å². The second-order valence-corrected chi connectivity index (χ2v) is 11.9. The summed E-state index contributed by atoms with van der Waals surface area (Å²) in [5.41, 5.74) is 1.54. The molecule has 2 atom stereocenters. The van der Waals surface area contributed by atoms with Crippen LogP contribution in [0.25, 0.3) is 0 Å². The summed E-state index contributed by atoms with van der Waals surface area (Å²) in [5.74, 6) is -2.15. The Morgan fingerprint density at radius 2 is 1.64 bits per heavy atom. The number of carboxylic acid groups (broad SMARTS) is 1. The largest absolute Gasteiger partial charge is 0.481 e. The van der Waals surface area contributed by atoms with Crippen LogP contribution in [-0.4, -0.2) is 43.4 Å². The molecule has 2 aromatic rings. The Bertz CT molecular complexity index is 1080. The first kappa shape index (κ1) is 30.6. The Morgan fingerprint density at radius 1 is 1.00 bits per heavy atom. The van der Waals surface area contributed by atoms with Crippen molar-refractivity contribution in [2.45, 2.75) is 70.2 Å². The van der Waals surface area contributed by atoms with Gasteiger partial charge in [-0.15, -0.1) is 0 Å². The van der Waals surface area contributed by atoms with Gasteiger partial charge in [0.05, 0.1) is 10.8 Å². The Morgan fingerprint density at radius 3 is 2.22 bits per heavy atom. The number of benzene rings is 2. The minimum absolute atomic E-state index is 0.158. The number of hydrogen-bond acceptors (Lipinski definition) is 4. The number of sulfonamides is 1. The first-order valence-electron chi connectivity index (χ1n) is 12.6. The van der Waals surface area contributed by atoms with E-state index in [4.69, 9.17) is 23.2 Å². The van der Waals surface area contributed by atoms with Gasteiger partial charge in [-0.1, -0.05) is 86.5 Å². The number of aliphatic carboxylic acids is 1. The van der Waals surface area contributed by atoms with Crippen LogP contribution in [0.15, 0.2) is 47.4 Å². The lowest BCUT2D eigenvalue weighted by atomic mass is 9.92. The van der Waals surface area contributed by atoms with Gasteiger partial charge in [-0.3, -0.25) is 4.79 Å². The number of carboxylic acids is 1. The van der Waals surface area contributed by atoms with Crippen LogP contribution in [0.2, 0.25) is 10.0 Å². The van der Waals surface area contributed by atoms with Gasteiger partial charge in [0.1, 0.15) is 0 Å². The molecule has 0 aliphatic carbocycles. The quantitative estimate of drug-likeness (QED) is 0.224. The van der Waals surface area contributed by atoms with Crippen molar-refractivity contribution < 1.29 is 18.3 Å². The predicted molar refractivity (Wildman–Crippen MR) is 147 cm³/mol. The van der Waals surface area contributed by atoms with Gasteiger partial charge in [0.15, 0.2) is 0 Å². The molecule has 36 heavy (non-hydrogen) atoms. The van der Waals surface area contributed by atoms with Crippen molar-refractivity contribution in [1.82, 2.24) is 9.62 Å². The lowest BCUT2D eigenvalue weighted by Gasteiger charge is -2.31. The van der Waals surface area contributed by atoms with Gasteiger partial charge >= 0.3 is 5.97 Å². The molecule has 0 radical (unpaired) electrons. The molecule has 0 fully saturated rings. The summed E-state index contributed by atoms with van der Waals surface area (Å²) in [6.45, 7) is 6.67. The smallest absolute Gasteiger partial charge is 0.309 e. The maximum Gasteiger partial charge on any atom is 0.309 e. The van der Waals surface area contributed by atoms with Crippen LogP contribution < -0.4 is 5.32 Å². The van der Waals surface area contributed by atoms with Crippen molar-refractivity contribution >= 4 is 39.2 Å². The highest BCUT2D eigenvalue weighted by Crippen LogP contribution is 2.33. The molecule has 2 N–H and O–H groups in total. The number of unbranched alkanes of at least 4 members (excludes halogenated alkanes) is 4. The summed E-state index contributed by atoms with van der Waals surface area (Å²) in [4.78, 5) is 12.8. The third kappa shape index (κ3) is 8.73. The van der Waals surface area contributed by atoms with Gasteiger partial charge in [-0.25, -0.2) is 8.42 Å². The zero-order valence-corrected chi connectivity index (χ0v) is 23.7. The lowest BCUT2D eigenvalue weighted by molar-refractivity contribution is -0.143. The Balaban J connectivity index is 2.47. The summed E-state index contributed by atoms with van der Waals surface area (Å²) in [5, 5.41) is 14.5. The normalized spacial score (nSPS) is 13.6. The van der Waals surface area contributed by atoms with Crippen molar-refractivity contribution in [3.8, 4) is 0 Å². The maximum atomic E-state index is 13.6. The number of halogens is 2. The molecule has 0 aliphatic rings. The highest BCUT2D eigenvalue weighted by molar-refractivity contribution is 7.89. The molecule has 0 aromatic heterocycles. The topological polar surface area (TPSA) is 86.7 Å². The molecular formula is C27H38Cl2N2O4S. The van der Waals surface area contributed by atoms with Gasteiger partial charge in [-0.05, 0) is 56.1 Å². The van der Waals surface area contributed by atoms with E-state index >= 15 is 0 Å². The van der Waals surface area contributed by atoms with E-state index in [0.717, 1.165) is 37.7 Å². The molecule has 2 aromatic carbocycles. The highest BCUT2D eigenvalue weighted by Gasteiger charge is 2.36. The second kappa shape index (κ2) is 14.9. The molecule has 0 spiro atoms. The average Bonchev–Trinajstić information content (AvgIpc) is 2.82. The second-order valence-electron chi connectivity index (χ2n) is 9.13. The SMILES string of the molecule is CCCCCNC(c1ccc(Cl)cc1Cl)C(CN(CCCCC)S(=O)(=O)c1ccc(C)cc1)C(=O)O. The van der Waals surface area contributed by atoms with Crippen LogP contribution in [0.4, 0.5) is 0 Å². The molecular weight excluding hydrogens is 519 g/mol. The van der Waals surface area contributed by atoms with Gasteiger partial charge in [-0.2, -0.15) is 4.31 Å². The molecule has 0 saturated carbocycles. The lowest BCUT2D eigenvalue weighted by Crippen LogP contribution is -2.44. The monoisotopic (exact) mass is 556 g/mol. The fourth-order valence-electron chi connectivity index (χ4n) is 4.11. The van der Waals surface area contributed by atoms with Crippen LogP contribution in [0.5, 0.6) is 0 Å². The molecule has 0 saturated heterocycles. The molecule has 9 heteroatoms. The highest BCUT2D eigenvalue weighted by atomic mass is 35.5. The first-order chi connectivity index (χ1) is 17.1. The minimum Gasteiger partial charge on any atom is -0.481 e. The number of nitrogens with one attached hydrogen (secondary N) is 1. The minimum atomic E-state index is -3.90. The summed E-state index contributed by atoms with van der Waals surface area (Å²) < 4.78 is 28.6. The number of hydrogen-bond donors (Lipinski definition) is 2. The number of aryl methyl sites for hydroxylation is 1. The van der Waals surface area contributed by atoms with Crippen molar-refractivity contribution in [3.63, 3.8) is 0 Å². The fraction of sp³-hybridized carbons (Fsp3) is 0.519. The van der Waals surface area contributed by atoms with E-state index in [9.17, 15) is 18.3 Å². The van der Waals surface area contributed by atoms with E-state index in [-0.39, 0.29) is 18.0 Å². The van der Waals surface area contributed by atoms with E-state index in [1.165, 1.54) is 4.31 Å². The fourth-order valence-corrected chi connectivity index (χ4v) is 6.14. The molecule has 200 valence electrons. The van der Waals surface area contributed by atoms with Crippen LogP contribution in [0.1, 0.15) is 69.5 Å². The molecule has 0 heterocycles. The Labute approximate surface area is 226 Å². The molecule has 0 amide bonds. The summed E-state index contributed by atoms with van der Waals surface area (Å²) >= 11 is 12.6. The van der Waals surface area contributed by atoms with Crippen LogP contribution in [-0.2, 0) is 14.8 Å². The maximum absolute atomic E-state index is 13.6. The average molecular weight is 558 g/mol. The van der Waals surface area contributed by atoms with E-state index in [2.05, 4.69) is 12.2 Å². The standard InChI is InChI=1S/C27H38Cl2N2O4S/c1-4-6-8-16-30-26(23-15-12-21(28)18-25(23)29)24(27(32)33)19-31(17-9-7-5-2)36(34,35)22-13-10-20(3)11-14-22/h10-15,18,24,26,30H,4-9,16-17,19H2,1-3H3,(H,32,33). The van der Waals surface area contributed by atoms with Crippen molar-refractivity contribution in [3.05, 3.63) is 63.6 Å². The van der Waals surface area contributed by atoms with Gasteiger partial charge < -0.3 is 10.4 Å². The number of carbonyl (C=O) groups is 1. The summed E-state index contributed by atoms with van der Waals surface area (Å²) in [6, 6.07) is 10.9. The van der Waals surface area contributed by atoms with E-state index in [1.54, 1.807) is 42.5 Å². The molecule has 2 rings (SSSR count).